The molecule has 20 heteroatoms. The van der Waals surface area contributed by atoms with Gasteiger partial charge >= 0.3 is 5.97 Å². The van der Waals surface area contributed by atoms with Gasteiger partial charge in [-0.2, -0.15) is 0 Å². The van der Waals surface area contributed by atoms with Crippen molar-refractivity contribution in [1.29, 1.82) is 0 Å². The van der Waals surface area contributed by atoms with Crippen LogP contribution in [0.2, 0.25) is 0 Å². The molecule has 0 spiro atoms. The first-order valence-corrected chi connectivity index (χ1v) is 24.2. The highest BCUT2D eigenvalue weighted by Gasteiger charge is 2.46. The van der Waals surface area contributed by atoms with Crippen molar-refractivity contribution in [3.05, 3.63) is 68.5 Å². The lowest BCUT2D eigenvalue weighted by atomic mass is 9.85. The van der Waals surface area contributed by atoms with E-state index >= 15 is 0 Å². The molecular weight excluding hydrogens is 907 g/mol. The number of anilines is 1. The van der Waals surface area contributed by atoms with E-state index in [2.05, 4.69) is 16.0 Å². The molecule has 5 heterocycles. The zero-order chi connectivity index (χ0) is 50.3. The van der Waals surface area contributed by atoms with Gasteiger partial charge in [0, 0.05) is 73.4 Å². The highest BCUT2D eigenvalue weighted by Crippen LogP contribution is 2.43. The van der Waals surface area contributed by atoms with Crippen LogP contribution in [-0.4, -0.2) is 137 Å². The Kier molecular flexibility index (Phi) is 16.6. The molecule has 0 saturated heterocycles. The van der Waals surface area contributed by atoms with Gasteiger partial charge in [-0.15, -0.1) is 0 Å². The number of hydrogen-bond acceptors (Lipinski definition) is 14. The summed E-state index contributed by atoms with van der Waals surface area (Å²) in [5.74, 6) is -3.61. The van der Waals surface area contributed by atoms with E-state index in [1.807, 2.05) is 13.0 Å². The number of nitrogens with zero attached hydrogens (tertiary/aromatic N) is 4. The minimum Gasteiger partial charge on any atom is -0.458 e. The van der Waals surface area contributed by atoms with Crippen molar-refractivity contribution < 1.29 is 57.6 Å². The van der Waals surface area contributed by atoms with Crippen molar-refractivity contribution >= 4 is 58.0 Å². The molecule has 376 valence electrons. The van der Waals surface area contributed by atoms with Gasteiger partial charge in [-0.3, -0.25) is 38.5 Å². The molecule has 70 heavy (non-hydrogen) atoms. The van der Waals surface area contributed by atoms with E-state index in [0.717, 1.165) is 46.2 Å². The lowest BCUT2D eigenvalue weighted by Crippen LogP contribution is -2.53. The van der Waals surface area contributed by atoms with Crippen LogP contribution in [0.5, 0.6) is 0 Å². The Morgan fingerprint density at radius 2 is 1.53 bits per heavy atom. The molecule has 0 radical (unpaired) electrons. The van der Waals surface area contributed by atoms with E-state index in [1.54, 1.807) is 49.3 Å². The van der Waals surface area contributed by atoms with Crippen molar-refractivity contribution in [2.75, 3.05) is 64.6 Å². The summed E-state index contributed by atoms with van der Waals surface area (Å²) in [5.41, 5.74) is 3.44. The van der Waals surface area contributed by atoms with Gasteiger partial charge in [-0.05, 0) is 74.3 Å². The van der Waals surface area contributed by atoms with Crippen LogP contribution >= 0.6 is 0 Å². The van der Waals surface area contributed by atoms with E-state index in [9.17, 15) is 43.5 Å². The number of aliphatic hydroxyl groups is 1. The van der Waals surface area contributed by atoms with Crippen molar-refractivity contribution in [1.82, 2.24) is 30.0 Å². The molecule has 20 nitrogen and oxygen atoms in total. The number of aromatic nitrogens is 2. The van der Waals surface area contributed by atoms with Gasteiger partial charge in [0.25, 0.3) is 17.4 Å². The molecule has 4 N–H and O–H groups in total. The summed E-state index contributed by atoms with van der Waals surface area (Å²) in [4.78, 5) is 111. The van der Waals surface area contributed by atoms with Gasteiger partial charge in [0.2, 0.25) is 23.6 Å². The number of esters is 1. The minimum atomic E-state index is -1.93. The number of carbonyl (C=O) groups excluding carboxylic acids is 7. The first-order chi connectivity index (χ1) is 33.6. The molecule has 0 saturated carbocycles. The molecular formula is C50H63N7O13. The maximum absolute atomic E-state index is 13.8. The monoisotopic (exact) mass is 969 g/mol. The van der Waals surface area contributed by atoms with Crippen LogP contribution in [0.15, 0.2) is 35.1 Å². The van der Waals surface area contributed by atoms with Gasteiger partial charge in [0.1, 0.15) is 18.7 Å². The molecule has 3 atom stereocenters. The highest BCUT2D eigenvalue weighted by molar-refractivity contribution is 6.13. The summed E-state index contributed by atoms with van der Waals surface area (Å²) in [6.07, 6.45) is 5.34. The van der Waals surface area contributed by atoms with Crippen molar-refractivity contribution in [2.24, 2.45) is 5.92 Å². The molecule has 0 unspecified atom stereocenters. The van der Waals surface area contributed by atoms with Gasteiger partial charge < -0.3 is 49.5 Å². The number of ether oxygens (including phenoxy) is 4. The largest absolute Gasteiger partial charge is 0.458 e. The third kappa shape index (κ3) is 11.0. The number of amides is 6. The first kappa shape index (κ1) is 51.5. The average molecular weight is 970 g/mol. The number of benzene rings is 1. The molecule has 3 aromatic rings. The summed E-state index contributed by atoms with van der Waals surface area (Å²) >= 11 is 0. The van der Waals surface area contributed by atoms with E-state index in [0.29, 0.717) is 48.8 Å². The Hall–Kier alpha value is -6.35. The molecule has 2 aromatic heterocycles. The Bertz CT molecular complexity index is 2630. The maximum atomic E-state index is 13.8. The number of carbonyl (C=O) groups is 7. The smallest absolute Gasteiger partial charge is 0.343 e. The van der Waals surface area contributed by atoms with Crippen LogP contribution in [0.4, 0.5) is 5.69 Å². The SMILES string of the molecule is CCCOCCN(CCOCCOCCC(=O)N[C@H](C(=O)N[C@@H](C)C(=O)Nc1ccc2nc3c(c4c2c1CCC4)Cn1c-3cc2c(c1=O)COC(=O)[C@]2(O)CC)C(C)C)C(=O)CCN1C(=O)C=CC1=O. The molecule has 4 aliphatic rings. The van der Waals surface area contributed by atoms with E-state index in [4.69, 9.17) is 23.9 Å². The van der Waals surface area contributed by atoms with E-state index < -0.39 is 53.2 Å². The summed E-state index contributed by atoms with van der Waals surface area (Å²) in [7, 11) is 0. The van der Waals surface area contributed by atoms with E-state index in [1.165, 1.54) is 12.2 Å². The van der Waals surface area contributed by atoms with Gasteiger partial charge in [-0.25, -0.2) is 9.78 Å². The van der Waals surface area contributed by atoms with Gasteiger partial charge in [0.15, 0.2) is 5.60 Å². The number of imide groups is 1. The molecule has 1 aliphatic carbocycles. The fraction of sp³-hybridized carbons (Fsp3) is 0.540. The normalized spacial score (nSPS) is 17.5. The van der Waals surface area contributed by atoms with Gasteiger partial charge in [-0.1, -0.05) is 27.7 Å². The van der Waals surface area contributed by atoms with Crippen LogP contribution in [0.3, 0.4) is 0 Å². The summed E-state index contributed by atoms with van der Waals surface area (Å²) in [6.45, 7) is 10.9. The first-order valence-electron chi connectivity index (χ1n) is 24.2. The van der Waals surface area contributed by atoms with Gasteiger partial charge in [0.05, 0.1) is 62.0 Å². The number of rotatable bonds is 24. The second kappa shape index (κ2) is 22.6. The second-order valence-electron chi connectivity index (χ2n) is 18.2. The third-order valence-electron chi connectivity index (χ3n) is 13.2. The molecule has 6 amide bonds. The van der Waals surface area contributed by atoms with Crippen molar-refractivity contribution in [2.45, 2.75) is 110 Å². The van der Waals surface area contributed by atoms with Crippen LogP contribution in [-0.2, 0) is 84.1 Å². The lowest BCUT2D eigenvalue weighted by Gasteiger charge is -2.31. The number of hydrogen-bond donors (Lipinski definition) is 4. The fourth-order valence-electron chi connectivity index (χ4n) is 9.29. The summed E-state index contributed by atoms with van der Waals surface area (Å²) < 4.78 is 23.7. The zero-order valence-electron chi connectivity index (χ0n) is 40.5. The maximum Gasteiger partial charge on any atom is 0.343 e. The Labute approximate surface area is 405 Å². The van der Waals surface area contributed by atoms with Crippen molar-refractivity contribution in [3.8, 4) is 11.4 Å². The van der Waals surface area contributed by atoms with Crippen LogP contribution < -0.4 is 21.5 Å². The zero-order valence-corrected chi connectivity index (χ0v) is 40.5. The highest BCUT2D eigenvalue weighted by atomic mass is 16.6. The number of pyridine rings is 2. The third-order valence-corrected chi connectivity index (χ3v) is 13.2. The molecule has 0 bridgehead atoms. The standard InChI is InChI=1S/C50H63N7O13/c1-6-20-67-22-18-55(40(59)15-17-56-41(60)13-14-42(56)61)19-23-69-25-24-68-21-16-39(58)54-44(29(3)4)47(63)51-30(5)46(62)53-36-11-12-37-43-31(9-8-10-32(36)43)33-27-57-38(45(33)52-37)26-35-34(48(57)64)28-70-49(65)50(35,66)7-2/h11-14,26,29-30,44,66H,6-10,15-25,27-28H2,1-5H3,(H,51,63)(H,53,62)(H,54,58)/t30-,44-,50-/m0/s1. The lowest BCUT2D eigenvalue weighted by molar-refractivity contribution is -0.172. The predicted molar refractivity (Wildman–Crippen MR) is 254 cm³/mol. The molecule has 7 rings (SSSR count). The molecule has 0 fully saturated rings. The Morgan fingerprint density at radius 3 is 2.21 bits per heavy atom. The average Bonchev–Trinajstić information content (AvgIpc) is 3.88. The Morgan fingerprint density at radius 1 is 0.843 bits per heavy atom. The number of aryl methyl sites for hydroxylation is 2. The number of cyclic esters (lactones) is 1. The van der Waals surface area contributed by atoms with Crippen LogP contribution in [0.25, 0.3) is 22.3 Å². The van der Waals surface area contributed by atoms with Crippen LogP contribution in [0.1, 0.15) is 94.5 Å². The summed E-state index contributed by atoms with van der Waals surface area (Å²) in [5, 5.41) is 20.7. The minimum absolute atomic E-state index is 0.0169. The summed E-state index contributed by atoms with van der Waals surface area (Å²) in [6, 6.07) is 3.39. The molecule has 1 aromatic carbocycles. The van der Waals surface area contributed by atoms with Crippen molar-refractivity contribution in [3.63, 3.8) is 0 Å². The number of nitrogens with one attached hydrogen (secondary N) is 3. The van der Waals surface area contributed by atoms with E-state index in [-0.39, 0.29) is 100 Å². The number of fused-ring (bicyclic) bond motifs is 5. The fourth-order valence-corrected chi connectivity index (χ4v) is 9.29. The van der Waals surface area contributed by atoms with Crippen LogP contribution in [0, 0.1) is 5.92 Å². The quantitative estimate of drug-likeness (QED) is 0.0446. The molecule has 3 aliphatic heterocycles. The predicted octanol–water partition coefficient (Wildman–Crippen LogP) is 2.15. The Balaban J connectivity index is 0.876. The topological polar surface area (TPSA) is 254 Å². The second-order valence-corrected chi connectivity index (χ2v) is 18.2.